The summed E-state index contributed by atoms with van der Waals surface area (Å²) in [4.78, 5) is 30.7. The van der Waals surface area contributed by atoms with E-state index >= 15 is 0 Å². The molecule has 0 radical (unpaired) electrons. The van der Waals surface area contributed by atoms with Gasteiger partial charge in [-0.3, -0.25) is 4.79 Å². The minimum atomic E-state index is -0.993. The molecule has 2 heterocycles. The summed E-state index contributed by atoms with van der Waals surface area (Å²) in [6.07, 6.45) is 8.93. The molecule has 0 aliphatic heterocycles. The third-order valence-electron chi connectivity index (χ3n) is 6.77. The molecule has 31 heavy (non-hydrogen) atoms. The minimum Gasteiger partial charge on any atom is -0.478 e. The third-order valence-corrected chi connectivity index (χ3v) is 7.94. The van der Waals surface area contributed by atoms with Gasteiger partial charge in [0.05, 0.1) is 5.56 Å². The van der Waals surface area contributed by atoms with E-state index in [1.165, 1.54) is 10.4 Å². The van der Waals surface area contributed by atoms with Crippen LogP contribution in [-0.2, 0) is 22.4 Å². The number of carbonyl (C=O) groups is 2. The monoisotopic (exact) mass is 441 g/mol. The fourth-order valence-corrected chi connectivity index (χ4v) is 6.08. The summed E-state index contributed by atoms with van der Waals surface area (Å²) in [6, 6.07) is 0. The van der Waals surface area contributed by atoms with Crippen molar-refractivity contribution in [1.82, 2.24) is 10.1 Å². The van der Waals surface area contributed by atoms with Crippen molar-refractivity contribution >= 4 is 28.2 Å². The smallest absolute Gasteiger partial charge is 0.332 e. The molecule has 3 aliphatic carbocycles. The van der Waals surface area contributed by atoms with Gasteiger partial charge in [0.25, 0.3) is 11.8 Å². The molecule has 7 nitrogen and oxygen atoms in total. The predicted octanol–water partition coefficient (Wildman–Crippen LogP) is 5.08. The van der Waals surface area contributed by atoms with Crippen molar-refractivity contribution in [2.75, 3.05) is 5.32 Å². The van der Waals surface area contributed by atoms with Crippen LogP contribution in [0.15, 0.2) is 15.7 Å². The molecule has 0 spiro atoms. The third kappa shape index (κ3) is 3.93. The highest BCUT2D eigenvalue weighted by Gasteiger charge is 2.33. The number of carboxylic acids is 1. The lowest BCUT2D eigenvalue weighted by Crippen LogP contribution is -2.21. The Morgan fingerprint density at radius 2 is 1.94 bits per heavy atom. The van der Waals surface area contributed by atoms with Gasteiger partial charge in [-0.05, 0) is 69.3 Å². The first-order chi connectivity index (χ1) is 15.0. The lowest BCUT2D eigenvalue weighted by atomic mass is 9.85. The second-order valence-electron chi connectivity index (χ2n) is 8.88. The second kappa shape index (κ2) is 8.22. The summed E-state index contributed by atoms with van der Waals surface area (Å²) in [6.45, 7) is 2.22. The quantitative estimate of drug-likeness (QED) is 0.647. The van der Waals surface area contributed by atoms with Crippen molar-refractivity contribution in [2.45, 2.75) is 77.0 Å². The Morgan fingerprint density at radius 1 is 1.16 bits per heavy atom. The van der Waals surface area contributed by atoms with Crippen molar-refractivity contribution in [3.05, 3.63) is 27.4 Å². The van der Waals surface area contributed by atoms with Gasteiger partial charge in [0.2, 0.25) is 0 Å². The molecule has 1 unspecified atom stereocenters. The molecule has 1 amide bonds. The minimum absolute atomic E-state index is 0.242. The number of aromatic nitrogens is 2. The Hall–Kier alpha value is -2.48. The molecule has 0 bridgehead atoms. The van der Waals surface area contributed by atoms with Gasteiger partial charge in [0, 0.05) is 21.9 Å². The van der Waals surface area contributed by atoms with Crippen LogP contribution >= 0.6 is 11.3 Å². The maximum absolute atomic E-state index is 13.1. The number of anilines is 1. The van der Waals surface area contributed by atoms with Crippen LogP contribution in [0.4, 0.5) is 5.00 Å². The van der Waals surface area contributed by atoms with Gasteiger partial charge < -0.3 is 14.9 Å². The zero-order valence-electron chi connectivity index (χ0n) is 17.7. The zero-order valence-corrected chi connectivity index (χ0v) is 18.5. The Bertz CT molecular complexity index is 1060. The first kappa shape index (κ1) is 20.4. The summed E-state index contributed by atoms with van der Waals surface area (Å²) in [5.41, 5.74) is 2.68. The van der Waals surface area contributed by atoms with Crippen LogP contribution in [0.5, 0.6) is 0 Å². The highest BCUT2D eigenvalue weighted by Crippen LogP contribution is 2.46. The van der Waals surface area contributed by atoms with E-state index in [-0.39, 0.29) is 11.5 Å². The highest BCUT2D eigenvalue weighted by atomic mass is 32.1. The van der Waals surface area contributed by atoms with E-state index < -0.39 is 5.97 Å². The van der Waals surface area contributed by atoms with Crippen LogP contribution in [0.1, 0.15) is 80.5 Å². The van der Waals surface area contributed by atoms with Crippen molar-refractivity contribution in [3.8, 4) is 11.5 Å². The first-order valence-electron chi connectivity index (χ1n) is 11.3. The lowest BCUT2D eigenvalue weighted by Gasteiger charge is -2.20. The number of fused-ring (bicyclic) bond motifs is 1. The van der Waals surface area contributed by atoms with E-state index in [1.807, 2.05) is 0 Å². The van der Waals surface area contributed by atoms with Gasteiger partial charge in [0.15, 0.2) is 5.82 Å². The van der Waals surface area contributed by atoms with Crippen LogP contribution in [0.3, 0.4) is 0 Å². The van der Waals surface area contributed by atoms with Gasteiger partial charge >= 0.3 is 5.97 Å². The van der Waals surface area contributed by atoms with Gasteiger partial charge in [-0.1, -0.05) is 18.5 Å². The normalized spacial score (nSPS) is 21.1. The Balaban J connectivity index is 1.52. The van der Waals surface area contributed by atoms with Crippen LogP contribution in [0.2, 0.25) is 0 Å². The maximum Gasteiger partial charge on any atom is 0.332 e. The molecular formula is C23H27N3O4S. The van der Waals surface area contributed by atoms with Gasteiger partial charge in [-0.15, -0.1) is 11.3 Å². The van der Waals surface area contributed by atoms with E-state index in [1.54, 1.807) is 11.3 Å². The number of hydrogen-bond donors (Lipinski definition) is 2. The van der Waals surface area contributed by atoms with E-state index in [9.17, 15) is 14.7 Å². The molecule has 164 valence electrons. The molecule has 1 atom stereocenters. The summed E-state index contributed by atoms with van der Waals surface area (Å²) < 4.78 is 5.64. The zero-order chi connectivity index (χ0) is 21.5. The molecule has 1 saturated carbocycles. The number of rotatable bonds is 6. The molecule has 1 fully saturated rings. The fraction of sp³-hybridized carbons (Fsp3) is 0.565. The highest BCUT2D eigenvalue weighted by molar-refractivity contribution is 7.17. The number of nitrogens with zero attached hydrogens (tertiary/aromatic N) is 2. The van der Waals surface area contributed by atoms with Gasteiger partial charge in [-0.2, -0.15) is 4.98 Å². The van der Waals surface area contributed by atoms with Crippen molar-refractivity contribution in [3.63, 3.8) is 0 Å². The second-order valence-corrected chi connectivity index (χ2v) is 9.99. The molecule has 8 heteroatoms. The largest absolute Gasteiger partial charge is 0.478 e. The molecule has 2 aromatic rings. The van der Waals surface area contributed by atoms with Crippen LogP contribution in [-0.4, -0.2) is 27.1 Å². The number of thiophene rings is 1. The molecule has 0 aromatic carbocycles. The molecule has 0 saturated heterocycles. The van der Waals surface area contributed by atoms with Crippen LogP contribution in [0, 0.1) is 5.92 Å². The first-order valence-corrected chi connectivity index (χ1v) is 12.1. The molecule has 2 N–H and O–H groups in total. The van der Waals surface area contributed by atoms with E-state index in [2.05, 4.69) is 22.4 Å². The summed E-state index contributed by atoms with van der Waals surface area (Å²) in [7, 11) is 0. The van der Waals surface area contributed by atoms with E-state index in [0.717, 1.165) is 62.8 Å². The molecule has 2 aromatic heterocycles. The van der Waals surface area contributed by atoms with Crippen molar-refractivity contribution in [2.24, 2.45) is 5.92 Å². The summed E-state index contributed by atoms with van der Waals surface area (Å²) >= 11 is 1.58. The van der Waals surface area contributed by atoms with Gasteiger partial charge in [0.1, 0.15) is 5.00 Å². The average Bonchev–Trinajstić information content (AvgIpc) is 3.41. The maximum atomic E-state index is 13.1. The molecular weight excluding hydrogens is 414 g/mol. The summed E-state index contributed by atoms with van der Waals surface area (Å²) in [5, 5.41) is 17.5. The van der Waals surface area contributed by atoms with E-state index in [4.69, 9.17) is 4.52 Å². The predicted molar refractivity (Wildman–Crippen MR) is 117 cm³/mol. The number of amides is 1. The van der Waals surface area contributed by atoms with Crippen LogP contribution < -0.4 is 5.32 Å². The number of nitrogens with one attached hydrogen (secondary N) is 1. The standard InChI is InChI=1S/C23H27N3O4S/c1-2-12-7-10-16-17(11-12)31-22(18(16)21-24-19(26-30-21)13-8-9-13)25-20(27)14-5-3-4-6-15(14)23(28)29/h12-13H,2-11H2,1H3,(H,25,27)(H,28,29). The topological polar surface area (TPSA) is 105 Å². The molecule has 3 aliphatic rings. The van der Waals surface area contributed by atoms with Crippen molar-refractivity contribution < 1.29 is 19.2 Å². The number of carbonyl (C=O) groups excluding carboxylic acids is 1. The Kier molecular flexibility index (Phi) is 5.42. The van der Waals surface area contributed by atoms with Crippen LogP contribution in [0.25, 0.3) is 11.5 Å². The number of aliphatic carboxylic acids is 1. The number of carboxylic acid groups (broad SMARTS) is 1. The Labute approximate surface area is 184 Å². The van der Waals surface area contributed by atoms with Gasteiger partial charge in [-0.25, -0.2) is 4.79 Å². The Morgan fingerprint density at radius 3 is 2.65 bits per heavy atom. The fourth-order valence-electron chi connectivity index (χ4n) is 4.73. The van der Waals surface area contributed by atoms with Crippen molar-refractivity contribution in [1.29, 1.82) is 0 Å². The average molecular weight is 442 g/mol. The molecule has 5 rings (SSSR count). The number of hydrogen-bond acceptors (Lipinski definition) is 6. The SMILES string of the molecule is CCC1CCc2c(sc(NC(=O)C3=C(C(=O)O)CCCC3)c2-c2nc(C3CC3)no2)C1. The lowest BCUT2D eigenvalue weighted by molar-refractivity contribution is -0.133. The van der Waals surface area contributed by atoms with E-state index in [0.29, 0.717) is 41.1 Å². The summed E-state index contributed by atoms with van der Waals surface area (Å²) in [5.74, 6) is 0.948.